The molecule has 0 bridgehead atoms. The van der Waals surface area contributed by atoms with Gasteiger partial charge in [0.2, 0.25) is 0 Å². The van der Waals surface area contributed by atoms with Crippen LogP contribution < -0.4 is 5.73 Å². The number of carbonyl (C=O) groups excluding carboxylic acids is 1. The number of nitrogens with two attached hydrogens (primary N) is 1. The minimum absolute atomic E-state index is 0.104. The Kier molecular flexibility index (Phi) is 4.61. The number of amides is 1. The van der Waals surface area contributed by atoms with E-state index in [0.29, 0.717) is 25.0 Å². The van der Waals surface area contributed by atoms with Gasteiger partial charge >= 0.3 is 6.09 Å². The third kappa shape index (κ3) is 3.23. The normalized spacial score (nSPS) is 24.4. The first-order valence-corrected chi connectivity index (χ1v) is 10.5. The Morgan fingerprint density at radius 3 is 3.00 bits per heavy atom. The number of fused-ring (bicyclic) bond motifs is 3. The maximum atomic E-state index is 12.7. The number of hydrogen-bond acceptors (Lipinski definition) is 6. The van der Waals surface area contributed by atoms with Gasteiger partial charge in [0.25, 0.3) is 0 Å². The van der Waals surface area contributed by atoms with Gasteiger partial charge in [0.15, 0.2) is 11.3 Å². The van der Waals surface area contributed by atoms with Crippen LogP contribution in [0.2, 0.25) is 0 Å². The summed E-state index contributed by atoms with van der Waals surface area (Å²) in [5.41, 5.74) is 8.21. The van der Waals surface area contributed by atoms with Gasteiger partial charge in [-0.15, -0.1) is 10.2 Å². The van der Waals surface area contributed by atoms with Crippen LogP contribution in [0.25, 0.3) is 16.8 Å². The minimum Gasteiger partial charge on any atom is -0.446 e. The molecule has 3 N–H and O–H groups in total. The summed E-state index contributed by atoms with van der Waals surface area (Å²) < 4.78 is 8.01. The van der Waals surface area contributed by atoms with Crippen molar-refractivity contribution in [1.82, 2.24) is 29.5 Å². The van der Waals surface area contributed by atoms with E-state index in [4.69, 9.17) is 10.5 Å². The summed E-state index contributed by atoms with van der Waals surface area (Å²) in [6.45, 7) is 3.20. The molecule has 0 unspecified atom stereocenters. The monoisotopic (exact) mass is 397 g/mol. The van der Waals surface area contributed by atoms with E-state index in [1.54, 1.807) is 11.1 Å². The first kappa shape index (κ1) is 18.4. The molecule has 0 saturated heterocycles. The number of aromatic nitrogens is 5. The standard InChI is InChI=1S/C20H27N7O2/c1-2-12-9-14(29-20(28)26(8-6-21)13-3-4-13)10-15(12)19-25-24-17-11-23-18-16(27(17)19)5-7-22-18/h5,7,11-15,22H,2-4,6,8-10,21H2,1H3/t12-,14+,15+/m1/s1. The number of ether oxygens (including phenoxy) is 1. The zero-order valence-electron chi connectivity index (χ0n) is 16.6. The van der Waals surface area contributed by atoms with E-state index in [1.807, 2.05) is 12.3 Å². The van der Waals surface area contributed by atoms with E-state index in [1.165, 1.54) is 0 Å². The molecule has 2 aliphatic carbocycles. The van der Waals surface area contributed by atoms with Crippen molar-refractivity contribution in [1.29, 1.82) is 0 Å². The molecule has 5 rings (SSSR count). The van der Waals surface area contributed by atoms with Gasteiger partial charge < -0.3 is 20.4 Å². The van der Waals surface area contributed by atoms with E-state index in [0.717, 1.165) is 54.7 Å². The van der Waals surface area contributed by atoms with Crippen LogP contribution in [0.15, 0.2) is 18.5 Å². The van der Waals surface area contributed by atoms with Crippen LogP contribution in [0.3, 0.4) is 0 Å². The van der Waals surface area contributed by atoms with Crippen LogP contribution in [-0.4, -0.2) is 60.8 Å². The fourth-order valence-electron chi connectivity index (χ4n) is 4.73. The van der Waals surface area contributed by atoms with E-state index >= 15 is 0 Å². The molecule has 0 aliphatic heterocycles. The third-order valence-corrected chi connectivity index (χ3v) is 6.33. The first-order chi connectivity index (χ1) is 14.2. The van der Waals surface area contributed by atoms with Gasteiger partial charge in [0, 0.05) is 31.2 Å². The molecule has 0 spiro atoms. The third-order valence-electron chi connectivity index (χ3n) is 6.33. The fraction of sp³-hybridized carbons (Fsp3) is 0.600. The van der Waals surface area contributed by atoms with E-state index in [-0.39, 0.29) is 18.1 Å². The van der Waals surface area contributed by atoms with Gasteiger partial charge in [-0.05, 0) is 37.7 Å². The molecule has 0 radical (unpaired) electrons. The second-order valence-electron chi connectivity index (χ2n) is 8.19. The molecule has 3 aromatic heterocycles. The number of rotatable bonds is 6. The first-order valence-electron chi connectivity index (χ1n) is 10.5. The molecule has 29 heavy (non-hydrogen) atoms. The molecule has 9 heteroatoms. The summed E-state index contributed by atoms with van der Waals surface area (Å²) in [4.78, 5) is 22.1. The highest BCUT2D eigenvalue weighted by atomic mass is 16.6. The largest absolute Gasteiger partial charge is 0.446 e. The molecular formula is C20H27N7O2. The Bertz CT molecular complexity index is 1020. The maximum Gasteiger partial charge on any atom is 0.410 e. The lowest BCUT2D eigenvalue weighted by Crippen LogP contribution is -2.39. The Morgan fingerprint density at radius 1 is 1.38 bits per heavy atom. The van der Waals surface area contributed by atoms with E-state index < -0.39 is 0 Å². The smallest absolute Gasteiger partial charge is 0.410 e. The number of H-pyrrole nitrogens is 1. The topological polar surface area (TPSA) is 114 Å². The molecule has 2 aliphatic rings. The van der Waals surface area contributed by atoms with Crippen molar-refractivity contribution < 1.29 is 9.53 Å². The lowest BCUT2D eigenvalue weighted by Gasteiger charge is -2.23. The van der Waals surface area contributed by atoms with Crippen LogP contribution in [0.5, 0.6) is 0 Å². The molecule has 2 fully saturated rings. The summed E-state index contributed by atoms with van der Waals surface area (Å²) in [5.74, 6) is 1.52. The molecule has 2 saturated carbocycles. The van der Waals surface area contributed by atoms with Crippen molar-refractivity contribution >= 4 is 22.9 Å². The summed E-state index contributed by atoms with van der Waals surface area (Å²) in [6.07, 6.45) is 8.01. The Morgan fingerprint density at radius 2 is 2.24 bits per heavy atom. The van der Waals surface area contributed by atoms with Gasteiger partial charge in [0.05, 0.1) is 11.7 Å². The molecule has 3 aromatic rings. The second-order valence-corrected chi connectivity index (χ2v) is 8.19. The minimum atomic E-state index is -0.221. The summed E-state index contributed by atoms with van der Waals surface area (Å²) in [6, 6.07) is 2.30. The van der Waals surface area contributed by atoms with Crippen LogP contribution >= 0.6 is 0 Å². The van der Waals surface area contributed by atoms with E-state index in [9.17, 15) is 4.79 Å². The number of nitrogens with one attached hydrogen (secondary N) is 1. The molecule has 0 aromatic carbocycles. The van der Waals surface area contributed by atoms with Crippen molar-refractivity contribution in [2.75, 3.05) is 13.1 Å². The highest BCUT2D eigenvalue weighted by Crippen LogP contribution is 2.43. The van der Waals surface area contributed by atoms with Gasteiger partial charge in [-0.2, -0.15) is 0 Å². The predicted molar refractivity (Wildman–Crippen MR) is 107 cm³/mol. The molecule has 3 atom stereocenters. The average molecular weight is 397 g/mol. The fourth-order valence-corrected chi connectivity index (χ4v) is 4.73. The van der Waals surface area contributed by atoms with Crippen molar-refractivity contribution in [3.8, 4) is 0 Å². The summed E-state index contributed by atoms with van der Waals surface area (Å²) >= 11 is 0. The van der Waals surface area contributed by atoms with Gasteiger partial charge in [-0.1, -0.05) is 13.3 Å². The molecule has 1 amide bonds. The molecule has 9 nitrogen and oxygen atoms in total. The van der Waals surface area contributed by atoms with Crippen LogP contribution in [-0.2, 0) is 4.74 Å². The van der Waals surface area contributed by atoms with Crippen LogP contribution in [0.4, 0.5) is 4.79 Å². The molecule has 3 heterocycles. The molecular weight excluding hydrogens is 370 g/mol. The lowest BCUT2D eigenvalue weighted by molar-refractivity contribution is 0.0619. The quantitative estimate of drug-likeness (QED) is 0.660. The van der Waals surface area contributed by atoms with Crippen molar-refractivity contribution in [3.05, 3.63) is 24.3 Å². The second kappa shape index (κ2) is 7.29. The van der Waals surface area contributed by atoms with Gasteiger partial charge in [0.1, 0.15) is 11.9 Å². The Hall–Kier alpha value is -2.68. The number of hydrogen-bond donors (Lipinski definition) is 2. The van der Waals surface area contributed by atoms with Crippen LogP contribution in [0.1, 0.15) is 50.8 Å². The van der Waals surface area contributed by atoms with Gasteiger partial charge in [-0.3, -0.25) is 4.40 Å². The van der Waals surface area contributed by atoms with Crippen LogP contribution in [0, 0.1) is 5.92 Å². The van der Waals surface area contributed by atoms with E-state index in [2.05, 4.69) is 31.5 Å². The number of aromatic amines is 1. The average Bonchev–Trinajstić information content (AvgIpc) is 3.13. The Balaban J connectivity index is 1.39. The highest BCUT2D eigenvalue weighted by molar-refractivity contribution is 5.74. The summed E-state index contributed by atoms with van der Waals surface area (Å²) in [5, 5.41) is 8.85. The predicted octanol–water partition coefficient (Wildman–Crippen LogP) is 2.44. The number of carbonyl (C=O) groups is 1. The van der Waals surface area contributed by atoms with Crippen molar-refractivity contribution in [2.45, 2.75) is 57.1 Å². The lowest BCUT2D eigenvalue weighted by atomic mass is 9.93. The zero-order chi connectivity index (χ0) is 20.0. The summed E-state index contributed by atoms with van der Waals surface area (Å²) in [7, 11) is 0. The molecule has 154 valence electrons. The van der Waals surface area contributed by atoms with Crippen molar-refractivity contribution in [3.63, 3.8) is 0 Å². The highest BCUT2D eigenvalue weighted by Gasteiger charge is 2.41. The SMILES string of the molecule is CC[C@@H]1C[C@H](OC(=O)N(CCN)C2CC2)C[C@@H]1c1nnc2cnc3[nH]ccc3n12. The maximum absolute atomic E-state index is 12.7. The number of nitrogens with zero attached hydrogens (tertiary/aromatic N) is 5. The van der Waals surface area contributed by atoms with Gasteiger partial charge in [-0.25, -0.2) is 9.78 Å². The zero-order valence-corrected chi connectivity index (χ0v) is 16.6. The van der Waals surface area contributed by atoms with Crippen molar-refractivity contribution in [2.24, 2.45) is 11.7 Å². The Labute approximate surface area is 168 Å².